The first kappa shape index (κ1) is 29.7. The van der Waals surface area contributed by atoms with E-state index in [2.05, 4.69) is 0 Å². The lowest BCUT2D eigenvalue weighted by Gasteiger charge is -2.46. The standard InChI is InChI=1S/C30H26N2O7S3/c1-14-11-15(2)21-18(12-14)20(29-41-22(27(36)38-5)23(42-29)28(37)39-6)24(40)30(3,4)32(21)19(33)13-31-25(34)16-9-7-8-10-17(16)26(31)35/h7-12H,13H2,1-6H3. The Bertz CT molecular complexity index is 1640. The first-order chi connectivity index (χ1) is 19.8. The molecule has 0 aliphatic carbocycles. The van der Waals surface area contributed by atoms with Crippen molar-refractivity contribution in [3.05, 3.63) is 78.3 Å². The van der Waals surface area contributed by atoms with Crippen molar-refractivity contribution in [1.29, 1.82) is 0 Å². The van der Waals surface area contributed by atoms with Gasteiger partial charge in [0, 0.05) is 11.1 Å². The molecule has 2 aromatic rings. The molecule has 2 aromatic carbocycles. The Morgan fingerprint density at radius 1 is 0.881 bits per heavy atom. The molecule has 0 bridgehead atoms. The number of methoxy groups -OCH3 is 2. The molecule has 0 unspecified atom stereocenters. The lowest BCUT2D eigenvalue weighted by atomic mass is 9.81. The van der Waals surface area contributed by atoms with E-state index in [9.17, 15) is 24.0 Å². The van der Waals surface area contributed by atoms with Crippen LogP contribution in [0.5, 0.6) is 0 Å². The van der Waals surface area contributed by atoms with E-state index in [1.807, 2.05) is 26.0 Å². The molecule has 0 N–H and O–H groups in total. The van der Waals surface area contributed by atoms with Crippen LogP contribution >= 0.6 is 35.7 Å². The number of imide groups is 1. The van der Waals surface area contributed by atoms with Gasteiger partial charge in [0.25, 0.3) is 11.8 Å². The Morgan fingerprint density at radius 2 is 1.40 bits per heavy atom. The molecule has 0 saturated carbocycles. The molecular weight excluding hydrogens is 597 g/mol. The molecule has 0 saturated heterocycles. The molecule has 0 spiro atoms. The molecule has 3 amide bonds. The largest absolute Gasteiger partial charge is 0.465 e. The van der Waals surface area contributed by atoms with Gasteiger partial charge in [-0.15, -0.1) is 0 Å². The van der Waals surface area contributed by atoms with Gasteiger partial charge in [0.05, 0.1) is 45.7 Å². The molecule has 5 rings (SSSR count). The molecule has 9 nitrogen and oxygen atoms in total. The van der Waals surface area contributed by atoms with Gasteiger partial charge in [0.15, 0.2) is 0 Å². The van der Waals surface area contributed by atoms with Crippen LogP contribution in [0.2, 0.25) is 0 Å². The summed E-state index contributed by atoms with van der Waals surface area (Å²) in [5.74, 6) is -2.89. The number of esters is 2. The average Bonchev–Trinajstić information content (AvgIpc) is 3.49. The molecule has 0 radical (unpaired) electrons. The van der Waals surface area contributed by atoms with Crippen LogP contribution in [-0.2, 0) is 23.9 Å². The number of carbonyl (C=O) groups is 5. The zero-order chi connectivity index (χ0) is 30.7. The van der Waals surface area contributed by atoms with Gasteiger partial charge < -0.3 is 9.47 Å². The highest BCUT2D eigenvalue weighted by molar-refractivity contribution is 8.29. The van der Waals surface area contributed by atoms with Crippen molar-refractivity contribution in [1.82, 2.24) is 4.90 Å². The second-order valence-electron chi connectivity index (χ2n) is 10.3. The van der Waals surface area contributed by atoms with E-state index < -0.39 is 41.7 Å². The van der Waals surface area contributed by atoms with Gasteiger partial charge >= 0.3 is 11.9 Å². The average molecular weight is 623 g/mol. The monoisotopic (exact) mass is 622 g/mol. The van der Waals surface area contributed by atoms with Crippen LogP contribution < -0.4 is 4.90 Å². The fourth-order valence-electron chi connectivity index (χ4n) is 5.34. The van der Waals surface area contributed by atoms with E-state index in [1.54, 1.807) is 43.0 Å². The van der Waals surface area contributed by atoms with Gasteiger partial charge in [0.1, 0.15) is 16.4 Å². The number of carbonyl (C=O) groups excluding carboxylic acids is 5. The lowest BCUT2D eigenvalue weighted by molar-refractivity contribution is -0.138. The summed E-state index contributed by atoms with van der Waals surface area (Å²) < 4.78 is 10.4. The van der Waals surface area contributed by atoms with Crippen LogP contribution in [0.4, 0.5) is 5.69 Å². The highest BCUT2D eigenvalue weighted by Gasteiger charge is 2.48. The van der Waals surface area contributed by atoms with Gasteiger partial charge in [-0.1, -0.05) is 59.5 Å². The first-order valence-electron chi connectivity index (χ1n) is 12.8. The summed E-state index contributed by atoms with van der Waals surface area (Å²) in [6.45, 7) is 6.89. The summed E-state index contributed by atoms with van der Waals surface area (Å²) in [5, 5.41) is 0. The summed E-state index contributed by atoms with van der Waals surface area (Å²) >= 11 is 8.17. The number of ether oxygens (including phenoxy) is 2. The van der Waals surface area contributed by atoms with E-state index in [4.69, 9.17) is 21.7 Å². The quantitative estimate of drug-likeness (QED) is 0.204. The Kier molecular flexibility index (Phi) is 7.67. The zero-order valence-corrected chi connectivity index (χ0v) is 26.1. The van der Waals surface area contributed by atoms with Gasteiger partial charge in [-0.2, -0.15) is 0 Å². The van der Waals surface area contributed by atoms with Crippen molar-refractivity contribution in [2.45, 2.75) is 33.2 Å². The van der Waals surface area contributed by atoms with Crippen molar-refractivity contribution in [2.24, 2.45) is 0 Å². The van der Waals surface area contributed by atoms with Gasteiger partial charge in [-0.3, -0.25) is 24.2 Å². The summed E-state index contributed by atoms with van der Waals surface area (Å²) in [6.07, 6.45) is 0. The van der Waals surface area contributed by atoms with E-state index in [-0.39, 0.29) is 20.9 Å². The molecular formula is C30H26N2O7S3. The number of amides is 3. The van der Waals surface area contributed by atoms with E-state index in [1.165, 1.54) is 14.2 Å². The van der Waals surface area contributed by atoms with Crippen molar-refractivity contribution < 1.29 is 33.4 Å². The number of hydrogen-bond donors (Lipinski definition) is 0. The first-order valence-corrected chi connectivity index (χ1v) is 14.8. The van der Waals surface area contributed by atoms with Gasteiger partial charge in [0.2, 0.25) is 5.91 Å². The summed E-state index contributed by atoms with van der Waals surface area (Å²) in [6, 6.07) is 10.3. The number of rotatable bonds is 4. The third-order valence-electron chi connectivity index (χ3n) is 7.24. The molecule has 12 heteroatoms. The third kappa shape index (κ3) is 4.58. The van der Waals surface area contributed by atoms with E-state index in [0.717, 1.165) is 39.6 Å². The van der Waals surface area contributed by atoms with Crippen LogP contribution in [-0.4, -0.2) is 65.7 Å². The van der Waals surface area contributed by atoms with E-state index >= 15 is 0 Å². The maximum absolute atomic E-state index is 14.1. The SMILES string of the molecule is COC(=O)C1=C(C(=O)OC)SC(=C2C(=S)C(C)(C)N(C(=O)CN3C(=O)c4ccccc4C3=O)c3c(C)cc(C)cc32)S1. The maximum Gasteiger partial charge on any atom is 0.346 e. The lowest BCUT2D eigenvalue weighted by Crippen LogP contribution is -2.58. The second kappa shape index (κ2) is 10.8. The number of aryl methyl sites for hydroxylation is 2. The summed E-state index contributed by atoms with van der Waals surface area (Å²) in [4.78, 5) is 68.5. The molecule has 3 aliphatic rings. The molecule has 0 atom stereocenters. The number of fused-ring (bicyclic) bond motifs is 2. The number of nitrogens with zero attached hydrogens (tertiary/aromatic N) is 2. The summed E-state index contributed by atoms with van der Waals surface area (Å²) in [7, 11) is 2.46. The Hall–Kier alpha value is -3.74. The molecule has 42 heavy (non-hydrogen) atoms. The highest BCUT2D eigenvalue weighted by Crippen LogP contribution is 2.56. The third-order valence-corrected chi connectivity index (χ3v) is 10.5. The summed E-state index contributed by atoms with van der Waals surface area (Å²) in [5.41, 5.74) is 2.91. The minimum absolute atomic E-state index is 0.0903. The highest BCUT2D eigenvalue weighted by atomic mass is 32.2. The topological polar surface area (TPSA) is 110 Å². The van der Waals surface area contributed by atoms with Gasteiger partial charge in [-0.25, -0.2) is 9.59 Å². The molecule has 3 aliphatic heterocycles. The number of thioether (sulfide) groups is 2. The fraction of sp³-hybridized carbons (Fsp3) is 0.267. The minimum Gasteiger partial charge on any atom is -0.465 e. The molecule has 216 valence electrons. The molecule has 0 fully saturated rings. The second-order valence-corrected chi connectivity index (χ2v) is 13.1. The van der Waals surface area contributed by atoms with Crippen molar-refractivity contribution in [3.63, 3.8) is 0 Å². The van der Waals surface area contributed by atoms with Crippen molar-refractivity contribution >= 4 is 81.5 Å². The fourth-order valence-corrected chi connectivity index (χ4v) is 8.37. The van der Waals surface area contributed by atoms with Crippen LogP contribution in [0.15, 0.2) is 50.4 Å². The number of thiocarbonyl (C=S) groups is 1. The Morgan fingerprint density at radius 3 is 1.90 bits per heavy atom. The minimum atomic E-state index is -1.10. The molecule has 3 heterocycles. The smallest absolute Gasteiger partial charge is 0.346 e. The zero-order valence-electron chi connectivity index (χ0n) is 23.6. The maximum atomic E-state index is 14.1. The number of benzene rings is 2. The number of anilines is 1. The predicted octanol–water partition coefficient (Wildman–Crippen LogP) is 4.80. The van der Waals surface area contributed by atoms with Gasteiger partial charge in [-0.05, 0) is 51.5 Å². The normalized spacial score (nSPS) is 17.5. The van der Waals surface area contributed by atoms with Crippen LogP contribution in [0.1, 0.15) is 51.3 Å². The predicted molar refractivity (Wildman–Crippen MR) is 165 cm³/mol. The van der Waals surface area contributed by atoms with Crippen LogP contribution in [0.25, 0.3) is 5.57 Å². The van der Waals surface area contributed by atoms with E-state index in [0.29, 0.717) is 25.9 Å². The van der Waals surface area contributed by atoms with Crippen LogP contribution in [0.3, 0.4) is 0 Å². The van der Waals surface area contributed by atoms with Crippen molar-refractivity contribution in [3.8, 4) is 0 Å². The molecule has 0 aromatic heterocycles. The number of hydrogen-bond acceptors (Lipinski definition) is 10. The van der Waals surface area contributed by atoms with Crippen molar-refractivity contribution in [2.75, 3.05) is 25.7 Å². The Labute approximate surface area is 256 Å². The Balaban J connectivity index is 1.62. The van der Waals surface area contributed by atoms with Crippen LogP contribution in [0, 0.1) is 13.8 Å².